The lowest BCUT2D eigenvalue weighted by molar-refractivity contribution is -0.150. The van der Waals surface area contributed by atoms with Crippen LogP contribution in [0.1, 0.15) is 39.0 Å². The zero-order chi connectivity index (χ0) is 32.5. The Kier molecular flexibility index (Phi) is 16.3. The van der Waals surface area contributed by atoms with Crippen molar-refractivity contribution in [3.8, 4) is 0 Å². The highest BCUT2D eigenvalue weighted by Crippen LogP contribution is 2.26. The Balaban J connectivity index is 2.25. The molecule has 1 heterocycles. The van der Waals surface area contributed by atoms with Gasteiger partial charge in [-0.3, -0.25) is 43.3 Å². The summed E-state index contributed by atoms with van der Waals surface area (Å²) in [5, 5.41) is 8.65. The second-order valence-corrected chi connectivity index (χ2v) is 10.7. The van der Waals surface area contributed by atoms with Crippen molar-refractivity contribution in [2.75, 3.05) is 52.6 Å². The van der Waals surface area contributed by atoms with Crippen molar-refractivity contribution in [1.29, 1.82) is 0 Å². The number of carbonyl (C=O) groups is 9. The summed E-state index contributed by atoms with van der Waals surface area (Å²) < 4.78 is 4.62. The minimum atomic E-state index is -0.750. The molecule has 0 aromatic rings. The molecule has 8 amide bonds. The zero-order valence-corrected chi connectivity index (χ0v) is 25.2. The molecule has 0 bridgehead atoms. The van der Waals surface area contributed by atoms with E-state index in [2.05, 4.69) is 26.0 Å². The monoisotopic (exact) mass is 629 g/mol. The Labute approximate surface area is 252 Å². The van der Waals surface area contributed by atoms with Crippen LogP contribution in [0.15, 0.2) is 0 Å². The fourth-order valence-electron chi connectivity index (χ4n) is 3.56. The van der Waals surface area contributed by atoms with Gasteiger partial charge in [-0.2, -0.15) is 0 Å². The summed E-state index contributed by atoms with van der Waals surface area (Å²) in [6.45, 7) is 0.387. The molecule has 2 atom stereocenters. The van der Waals surface area contributed by atoms with Crippen LogP contribution in [-0.2, 0) is 47.9 Å². The minimum Gasteiger partial charge on any atom is -0.467 e. The van der Waals surface area contributed by atoms with Crippen LogP contribution in [0.5, 0.6) is 0 Å². The smallest absolute Gasteiger partial charge is 0.328 e. The summed E-state index contributed by atoms with van der Waals surface area (Å²) in [7, 11) is 2.71. The normalized spacial score (nSPS) is 14.9. The number of nitrogens with one attached hydrogen (secondary N) is 4. The number of methoxy groups -OCH3 is 1. The van der Waals surface area contributed by atoms with E-state index in [0.717, 1.165) is 4.90 Å². The Morgan fingerprint density at radius 2 is 1.49 bits per heavy atom. The van der Waals surface area contributed by atoms with Crippen LogP contribution in [0.25, 0.3) is 0 Å². The lowest BCUT2D eigenvalue weighted by atomic mass is 10.3. The SMILES string of the molecule is COC(=O)[C@H](C)N(C)C(=O)CCSC1CC(=O)N(CCCC(=O)NCC(=O)NCC(=O)NCC(=O)NCCC(N)=O)C1=O. The summed E-state index contributed by atoms with van der Waals surface area (Å²) in [6.07, 6.45) is 0.107. The molecule has 0 radical (unpaired) electrons. The number of esters is 1. The molecule has 1 saturated heterocycles. The number of amides is 8. The van der Waals surface area contributed by atoms with Crippen molar-refractivity contribution in [1.82, 2.24) is 31.1 Å². The van der Waals surface area contributed by atoms with Crippen LogP contribution < -0.4 is 27.0 Å². The van der Waals surface area contributed by atoms with Gasteiger partial charge in [0.15, 0.2) is 0 Å². The van der Waals surface area contributed by atoms with Gasteiger partial charge in [0, 0.05) is 51.6 Å². The highest BCUT2D eigenvalue weighted by molar-refractivity contribution is 8.00. The topological polar surface area (TPSA) is 243 Å². The first-order valence-electron chi connectivity index (χ1n) is 13.4. The van der Waals surface area contributed by atoms with E-state index >= 15 is 0 Å². The number of likely N-dealkylation sites (N-methyl/N-ethyl adjacent to an activating group) is 1. The van der Waals surface area contributed by atoms with Crippen LogP contribution in [0, 0.1) is 0 Å². The van der Waals surface area contributed by atoms with Gasteiger partial charge in [-0.25, -0.2) is 4.79 Å². The van der Waals surface area contributed by atoms with Crippen molar-refractivity contribution < 1.29 is 47.9 Å². The number of likely N-dealkylation sites (tertiary alicyclic amines) is 1. The molecular formula is C25H39N7O10S. The summed E-state index contributed by atoms with van der Waals surface area (Å²) in [4.78, 5) is 109. The number of carbonyl (C=O) groups excluding carboxylic acids is 9. The Morgan fingerprint density at radius 3 is 2.05 bits per heavy atom. The summed E-state index contributed by atoms with van der Waals surface area (Å²) >= 11 is 1.17. The molecule has 6 N–H and O–H groups in total. The van der Waals surface area contributed by atoms with Gasteiger partial charge in [-0.15, -0.1) is 11.8 Å². The molecule has 240 valence electrons. The molecule has 0 saturated carbocycles. The lowest BCUT2D eigenvalue weighted by Gasteiger charge is -2.22. The predicted octanol–water partition coefficient (Wildman–Crippen LogP) is -3.62. The van der Waals surface area contributed by atoms with Crippen molar-refractivity contribution in [2.45, 2.75) is 50.3 Å². The van der Waals surface area contributed by atoms with Gasteiger partial charge in [0.2, 0.25) is 47.3 Å². The number of nitrogens with zero attached hydrogens (tertiary/aromatic N) is 2. The van der Waals surface area contributed by atoms with Gasteiger partial charge in [0.05, 0.1) is 32.0 Å². The molecule has 43 heavy (non-hydrogen) atoms. The van der Waals surface area contributed by atoms with E-state index in [-0.39, 0.29) is 69.3 Å². The first kappa shape index (κ1) is 36.8. The highest BCUT2D eigenvalue weighted by Gasteiger charge is 2.38. The van der Waals surface area contributed by atoms with Gasteiger partial charge in [-0.05, 0) is 13.3 Å². The van der Waals surface area contributed by atoms with Gasteiger partial charge >= 0.3 is 5.97 Å². The first-order chi connectivity index (χ1) is 20.3. The lowest BCUT2D eigenvalue weighted by Crippen LogP contribution is -2.44. The quantitative estimate of drug-likeness (QED) is 0.0690. The third-order valence-corrected chi connectivity index (χ3v) is 7.38. The minimum absolute atomic E-state index is 0.0168. The van der Waals surface area contributed by atoms with Crippen LogP contribution in [-0.4, -0.2) is 127 Å². The van der Waals surface area contributed by atoms with Crippen LogP contribution in [0.4, 0.5) is 0 Å². The third kappa shape index (κ3) is 14.0. The maximum absolute atomic E-state index is 12.6. The van der Waals surface area contributed by atoms with Gasteiger partial charge in [-0.1, -0.05) is 0 Å². The first-order valence-corrected chi connectivity index (χ1v) is 14.5. The Bertz CT molecular complexity index is 1090. The number of thioether (sulfide) groups is 1. The molecular weight excluding hydrogens is 590 g/mol. The van der Waals surface area contributed by atoms with Gasteiger partial charge in [0.25, 0.3) is 0 Å². The molecule has 1 aliphatic rings. The number of hydrogen-bond acceptors (Lipinski definition) is 11. The molecule has 0 spiro atoms. The number of nitrogens with two attached hydrogens (primary N) is 1. The number of rotatable bonds is 19. The van der Waals surface area contributed by atoms with E-state index in [9.17, 15) is 43.2 Å². The number of hydrogen-bond donors (Lipinski definition) is 5. The van der Waals surface area contributed by atoms with E-state index in [0.29, 0.717) is 0 Å². The van der Waals surface area contributed by atoms with Crippen LogP contribution >= 0.6 is 11.8 Å². The zero-order valence-electron chi connectivity index (χ0n) is 24.4. The van der Waals surface area contributed by atoms with Crippen LogP contribution in [0.2, 0.25) is 0 Å². The molecule has 1 fully saturated rings. The maximum atomic E-state index is 12.6. The summed E-state index contributed by atoms with van der Waals surface area (Å²) in [5.41, 5.74) is 4.95. The molecule has 1 rings (SSSR count). The molecule has 0 aliphatic carbocycles. The predicted molar refractivity (Wildman–Crippen MR) is 152 cm³/mol. The van der Waals surface area contributed by atoms with E-state index in [4.69, 9.17) is 5.73 Å². The van der Waals surface area contributed by atoms with Crippen molar-refractivity contribution in [3.63, 3.8) is 0 Å². The van der Waals surface area contributed by atoms with E-state index in [1.54, 1.807) is 0 Å². The Hall–Kier alpha value is -4.22. The van der Waals surface area contributed by atoms with E-state index in [1.165, 1.54) is 37.7 Å². The average Bonchev–Trinajstić information content (AvgIpc) is 3.23. The van der Waals surface area contributed by atoms with Gasteiger partial charge < -0.3 is 36.6 Å². The van der Waals surface area contributed by atoms with Crippen molar-refractivity contribution in [2.24, 2.45) is 5.73 Å². The molecule has 17 nitrogen and oxygen atoms in total. The maximum Gasteiger partial charge on any atom is 0.328 e. The summed E-state index contributed by atoms with van der Waals surface area (Å²) in [5.74, 6) is -4.28. The number of ether oxygens (including phenoxy) is 1. The second-order valence-electron chi connectivity index (χ2n) is 9.40. The van der Waals surface area contributed by atoms with E-state index in [1.807, 2.05) is 0 Å². The van der Waals surface area contributed by atoms with E-state index < -0.39 is 65.8 Å². The van der Waals surface area contributed by atoms with Crippen molar-refractivity contribution >= 4 is 65.0 Å². The molecule has 1 aliphatic heterocycles. The summed E-state index contributed by atoms with van der Waals surface area (Å²) in [6, 6.07) is -0.750. The van der Waals surface area contributed by atoms with Crippen LogP contribution in [0.3, 0.4) is 0 Å². The second kappa shape index (κ2) is 19.1. The highest BCUT2D eigenvalue weighted by atomic mass is 32.2. The fraction of sp³-hybridized carbons (Fsp3) is 0.640. The average molecular weight is 630 g/mol. The largest absolute Gasteiger partial charge is 0.467 e. The molecule has 1 unspecified atom stereocenters. The molecule has 0 aromatic carbocycles. The fourth-order valence-corrected chi connectivity index (χ4v) is 4.67. The number of primary amides is 1. The molecule has 18 heteroatoms. The van der Waals surface area contributed by atoms with Crippen molar-refractivity contribution in [3.05, 3.63) is 0 Å². The number of imide groups is 1. The molecule has 0 aromatic heterocycles. The third-order valence-electron chi connectivity index (χ3n) is 6.17. The standard InChI is InChI=1S/C25H39N7O10S/c1-15(25(41)42-3)31(2)22(38)7-10-43-16-11-23(39)32(24(16)40)9-4-5-18(34)28-13-20(36)30-14-21(37)29-12-19(35)27-8-6-17(26)33/h15-16H,4-14H2,1-3H3,(H2,26,33)(H,27,35)(H,28,34)(H,29,37)(H,30,36)/t15-,16?/m0/s1. The Morgan fingerprint density at radius 1 is 0.930 bits per heavy atom. The van der Waals surface area contributed by atoms with Gasteiger partial charge in [0.1, 0.15) is 6.04 Å².